The molecule has 0 fully saturated rings. The van der Waals surface area contributed by atoms with Gasteiger partial charge in [0.1, 0.15) is 17.4 Å². The summed E-state index contributed by atoms with van der Waals surface area (Å²) < 4.78 is 11.0. The van der Waals surface area contributed by atoms with Crippen LogP contribution in [0.15, 0.2) is 18.2 Å². The normalized spacial score (nSPS) is 13.3. The van der Waals surface area contributed by atoms with Gasteiger partial charge in [-0.2, -0.15) is 5.26 Å². The minimum absolute atomic E-state index is 0.0200. The molecule has 1 amide bonds. The van der Waals surface area contributed by atoms with Crippen LogP contribution in [0.3, 0.4) is 0 Å². The van der Waals surface area contributed by atoms with E-state index in [1.54, 1.807) is 25.1 Å². The van der Waals surface area contributed by atoms with Gasteiger partial charge in [0.25, 0.3) is 5.91 Å². The largest absolute Gasteiger partial charge is 0.490 e. The van der Waals surface area contributed by atoms with E-state index >= 15 is 0 Å². The molecule has 0 unspecified atom stereocenters. The van der Waals surface area contributed by atoms with Crippen molar-refractivity contribution in [1.29, 1.82) is 5.26 Å². The highest BCUT2D eigenvalue weighted by Crippen LogP contribution is 2.25. The number of benzene rings is 1. The summed E-state index contributed by atoms with van der Waals surface area (Å²) >= 11 is 0. The number of unbranched alkanes of at least 4 members (excludes halogenated alkanes) is 1. The molecule has 0 saturated heterocycles. The SMILES string of the molecule is CCCC[C@](C)(OC)C(=O)Nc1ccc(OC(C)C)c(C#N)c1. The fourth-order valence-electron chi connectivity index (χ4n) is 2.14. The first kappa shape index (κ1) is 19.0. The molecule has 0 spiro atoms. The lowest BCUT2D eigenvalue weighted by Crippen LogP contribution is -2.41. The molecule has 0 bridgehead atoms. The van der Waals surface area contributed by atoms with Crippen molar-refractivity contribution in [2.45, 2.75) is 58.7 Å². The Morgan fingerprint density at radius 2 is 2.13 bits per heavy atom. The Kier molecular flexibility index (Phi) is 7.05. The molecule has 1 N–H and O–H groups in total. The fraction of sp³-hybridized carbons (Fsp3) is 0.556. The molecular formula is C18H26N2O3. The summed E-state index contributed by atoms with van der Waals surface area (Å²) in [5, 5.41) is 12.1. The van der Waals surface area contributed by atoms with Gasteiger partial charge in [-0.05, 0) is 45.4 Å². The van der Waals surface area contributed by atoms with E-state index < -0.39 is 5.60 Å². The molecule has 1 rings (SSSR count). The highest BCUT2D eigenvalue weighted by atomic mass is 16.5. The van der Waals surface area contributed by atoms with Crippen LogP contribution >= 0.6 is 0 Å². The quantitative estimate of drug-likeness (QED) is 0.789. The van der Waals surface area contributed by atoms with Crippen LogP contribution in [-0.4, -0.2) is 24.7 Å². The Labute approximate surface area is 138 Å². The maximum atomic E-state index is 12.5. The van der Waals surface area contributed by atoms with Gasteiger partial charge in [-0.15, -0.1) is 0 Å². The van der Waals surface area contributed by atoms with E-state index in [-0.39, 0.29) is 12.0 Å². The van der Waals surface area contributed by atoms with Crippen LogP contribution in [0.1, 0.15) is 52.5 Å². The molecule has 0 saturated carbocycles. The van der Waals surface area contributed by atoms with Crippen molar-refractivity contribution in [3.8, 4) is 11.8 Å². The maximum absolute atomic E-state index is 12.5. The van der Waals surface area contributed by atoms with Gasteiger partial charge in [0.05, 0.1) is 11.7 Å². The molecule has 1 atom stereocenters. The monoisotopic (exact) mass is 318 g/mol. The predicted octanol–water partition coefficient (Wildman–Crippen LogP) is 3.88. The van der Waals surface area contributed by atoms with Crippen LogP contribution in [-0.2, 0) is 9.53 Å². The molecular weight excluding hydrogens is 292 g/mol. The number of hydrogen-bond acceptors (Lipinski definition) is 4. The number of rotatable bonds is 8. The van der Waals surface area contributed by atoms with E-state index in [0.29, 0.717) is 23.4 Å². The van der Waals surface area contributed by atoms with Gasteiger partial charge in [0.15, 0.2) is 0 Å². The second-order valence-electron chi connectivity index (χ2n) is 5.98. The van der Waals surface area contributed by atoms with Crippen molar-refractivity contribution in [3.63, 3.8) is 0 Å². The zero-order chi connectivity index (χ0) is 17.5. The summed E-state index contributed by atoms with van der Waals surface area (Å²) in [5.41, 5.74) is 0.0715. The van der Waals surface area contributed by atoms with Gasteiger partial charge in [-0.3, -0.25) is 4.79 Å². The molecule has 5 nitrogen and oxygen atoms in total. The van der Waals surface area contributed by atoms with Crippen molar-refractivity contribution in [3.05, 3.63) is 23.8 Å². The summed E-state index contributed by atoms with van der Waals surface area (Å²) in [7, 11) is 1.54. The second-order valence-corrected chi connectivity index (χ2v) is 5.98. The number of carbonyl (C=O) groups is 1. The summed E-state index contributed by atoms with van der Waals surface area (Å²) in [6, 6.07) is 7.14. The minimum atomic E-state index is -0.879. The van der Waals surface area contributed by atoms with Crippen LogP contribution in [0.2, 0.25) is 0 Å². The number of nitrogens with zero attached hydrogens (tertiary/aromatic N) is 1. The van der Waals surface area contributed by atoms with Crippen LogP contribution in [0.25, 0.3) is 0 Å². The number of amides is 1. The topological polar surface area (TPSA) is 71.3 Å². The molecule has 126 valence electrons. The van der Waals surface area contributed by atoms with Gasteiger partial charge in [-0.1, -0.05) is 19.8 Å². The number of nitrogens with one attached hydrogen (secondary N) is 1. The third-order valence-corrected chi connectivity index (χ3v) is 3.66. The standard InChI is InChI=1S/C18H26N2O3/c1-6-7-10-18(4,22-5)17(21)20-15-8-9-16(23-13(2)3)14(11-15)12-19/h8-9,11,13H,6-7,10H2,1-5H3,(H,20,21)/t18-/m0/s1. The average Bonchev–Trinajstić information content (AvgIpc) is 2.53. The average molecular weight is 318 g/mol. The maximum Gasteiger partial charge on any atom is 0.256 e. The molecule has 0 aliphatic carbocycles. The first-order chi connectivity index (χ1) is 10.9. The van der Waals surface area contributed by atoms with E-state index in [0.717, 1.165) is 12.8 Å². The fourth-order valence-corrected chi connectivity index (χ4v) is 2.14. The van der Waals surface area contributed by atoms with E-state index in [9.17, 15) is 10.1 Å². The molecule has 0 heterocycles. The third-order valence-electron chi connectivity index (χ3n) is 3.66. The van der Waals surface area contributed by atoms with E-state index in [1.807, 2.05) is 13.8 Å². The molecule has 5 heteroatoms. The van der Waals surface area contributed by atoms with Gasteiger partial charge < -0.3 is 14.8 Å². The van der Waals surface area contributed by atoms with Crippen LogP contribution < -0.4 is 10.1 Å². The predicted molar refractivity (Wildman–Crippen MR) is 90.5 cm³/mol. The molecule has 0 aliphatic rings. The highest BCUT2D eigenvalue weighted by Gasteiger charge is 2.32. The van der Waals surface area contributed by atoms with Crippen molar-refractivity contribution in [2.75, 3.05) is 12.4 Å². The smallest absolute Gasteiger partial charge is 0.256 e. The van der Waals surface area contributed by atoms with E-state index in [1.165, 1.54) is 7.11 Å². The highest BCUT2D eigenvalue weighted by molar-refractivity contribution is 5.97. The van der Waals surface area contributed by atoms with Gasteiger partial charge in [0.2, 0.25) is 0 Å². The lowest BCUT2D eigenvalue weighted by molar-refractivity contribution is -0.136. The van der Waals surface area contributed by atoms with Crippen molar-refractivity contribution >= 4 is 11.6 Å². The number of anilines is 1. The first-order valence-electron chi connectivity index (χ1n) is 7.93. The molecule has 0 radical (unpaired) electrons. The van der Waals surface area contributed by atoms with Crippen molar-refractivity contribution in [2.24, 2.45) is 0 Å². The number of ether oxygens (including phenoxy) is 2. The van der Waals surface area contributed by atoms with Crippen LogP contribution in [0.5, 0.6) is 5.75 Å². The Morgan fingerprint density at radius 1 is 1.43 bits per heavy atom. The number of nitriles is 1. The van der Waals surface area contributed by atoms with Crippen molar-refractivity contribution < 1.29 is 14.3 Å². The Morgan fingerprint density at radius 3 is 2.65 bits per heavy atom. The summed E-state index contributed by atoms with van der Waals surface area (Å²) in [6.45, 7) is 7.64. The number of hydrogen-bond donors (Lipinski definition) is 1. The Hall–Kier alpha value is -2.06. The van der Waals surface area contributed by atoms with Gasteiger partial charge in [-0.25, -0.2) is 0 Å². The molecule has 0 aliphatic heterocycles. The summed E-state index contributed by atoms with van der Waals surface area (Å²) in [5.74, 6) is 0.302. The third kappa shape index (κ3) is 5.26. The summed E-state index contributed by atoms with van der Waals surface area (Å²) in [4.78, 5) is 12.5. The van der Waals surface area contributed by atoms with Crippen molar-refractivity contribution in [1.82, 2.24) is 0 Å². The zero-order valence-electron chi connectivity index (χ0n) is 14.6. The Balaban J connectivity index is 2.92. The lowest BCUT2D eigenvalue weighted by Gasteiger charge is -2.26. The second kappa shape index (κ2) is 8.54. The van der Waals surface area contributed by atoms with Crippen LogP contribution in [0.4, 0.5) is 5.69 Å². The minimum Gasteiger partial charge on any atom is -0.490 e. The molecule has 1 aromatic carbocycles. The van der Waals surface area contributed by atoms with Gasteiger partial charge >= 0.3 is 0 Å². The molecule has 23 heavy (non-hydrogen) atoms. The van der Waals surface area contributed by atoms with E-state index in [2.05, 4.69) is 18.3 Å². The summed E-state index contributed by atoms with van der Waals surface area (Å²) in [6.07, 6.45) is 2.52. The van der Waals surface area contributed by atoms with Gasteiger partial charge in [0, 0.05) is 12.8 Å². The number of carbonyl (C=O) groups excluding carboxylic acids is 1. The lowest BCUT2D eigenvalue weighted by atomic mass is 9.97. The zero-order valence-corrected chi connectivity index (χ0v) is 14.6. The molecule has 0 aromatic heterocycles. The van der Waals surface area contributed by atoms with E-state index in [4.69, 9.17) is 9.47 Å². The molecule has 1 aromatic rings. The number of methoxy groups -OCH3 is 1. The van der Waals surface area contributed by atoms with Crippen LogP contribution in [0, 0.1) is 11.3 Å². The Bertz CT molecular complexity index is 578. The first-order valence-corrected chi connectivity index (χ1v) is 7.93.